The van der Waals surface area contributed by atoms with Crippen molar-refractivity contribution in [1.82, 2.24) is 0 Å². The molecule has 0 aliphatic carbocycles. The Labute approximate surface area is 42.6 Å². The molecule has 0 aromatic heterocycles. The Morgan fingerprint density at radius 3 is 1.86 bits per heavy atom. The Kier molecular flexibility index (Phi) is 0.921. The smallest absolute Gasteiger partial charge is 0.0789 e. The van der Waals surface area contributed by atoms with Crippen molar-refractivity contribution in [2.45, 2.75) is 19.6 Å². The first-order valence-corrected chi connectivity index (χ1v) is 3.05. The Balaban J connectivity index is 2.43. The molecule has 0 amide bonds. The van der Waals surface area contributed by atoms with E-state index in [-0.39, 0.29) is 0 Å². The van der Waals surface area contributed by atoms with Crippen molar-refractivity contribution >= 4 is 8.25 Å². The fraction of sp³-hybridized carbons (Fsp3) is 1.00. The second kappa shape index (κ2) is 1.25. The molecule has 40 valence electrons. The van der Waals surface area contributed by atoms with Gasteiger partial charge in [0.05, 0.1) is 0 Å². The molecule has 0 unspecified atom stereocenters. The van der Waals surface area contributed by atoms with E-state index in [1.807, 2.05) is 0 Å². The molecule has 1 rings (SSSR count). The zero-order valence-electron chi connectivity index (χ0n) is 4.17. The Morgan fingerprint density at radius 1 is 1.43 bits per heavy atom. The van der Waals surface area contributed by atoms with Crippen LogP contribution in [-0.2, 0) is 13.6 Å². The minimum Gasteiger partial charge on any atom is -0.0789 e. The fourth-order valence-electron chi connectivity index (χ4n) is 0.366. The lowest BCUT2D eigenvalue weighted by atomic mass is 10.4. The van der Waals surface area contributed by atoms with Crippen LogP contribution in [0.4, 0.5) is 0 Å². The first-order chi connectivity index (χ1) is 3.10. The van der Waals surface area contributed by atoms with Crippen LogP contribution in [0.1, 0.15) is 13.8 Å². The third-order valence-corrected chi connectivity index (χ3v) is 1.77. The lowest BCUT2D eigenvalue weighted by Gasteiger charge is -2.16. The maximum Gasteiger partial charge on any atom is 0.703 e. The summed E-state index contributed by atoms with van der Waals surface area (Å²) in [5, 5.41) is 0. The van der Waals surface area contributed by atoms with Gasteiger partial charge in [-0.25, -0.2) is 0 Å². The summed E-state index contributed by atoms with van der Waals surface area (Å²) >= 11 is 0. The Morgan fingerprint density at radius 2 is 1.86 bits per heavy atom. The number of rotatable bonds is 0. The third kappa shape index (κ3) is 0.969. The molecule has 0 aromatic carbocycles. The maximum atomic E-state index is 10.0. The summed E-state index contributed by atoms with van der Waals surface area (Å²) in [5.41, 5.74) is 0. The molecule has 3 nitrogen and oxygen atoms in total. The summed E-state index contributed by atoms with van der Waals surface area (Å²) in [6.45, 7) is 3.42. The fourth-order valence-corrected chi connectivity index (χ4v) is 1.10. The van der Waals surface area contributed by atoms with Crippen LogP contribution in [0.5, 0.6) is 0 Å². The highest BCUT2D eigenvalue weighted by atomic mass is 31.1. The molecule has 4 heteroatoms. The summed E-state index contributed by atoms with van der Waals surface area (Å²) in [6, 6.07) is 0. The van der Waals surface area contributed by atoms with Crippen LogP contribution >= 0.6 is 8.25 Å². The summed E-state index contributed by atoms with van der Waals surface area (Å²) < 4.78 is 19.2. The van der Waals surface area contributed by atoms with Gasteiger partial charge in [0.25, 0.3) is 5.79 Å². The predicted octanol–water partition coefficient (Wildman–Crippen LogP) is 1.43. The van der Waals surface area contributed by atoms with Crippen molar-refractivity contribution in [3.8, 4) is 0 Å². The molecular weight excluding hydrogens is 115 g/mol. The van der Waals surface area contributed by atoms with Gasteiger partial charge in [-0.15, -0.1) is 0 Å². The van der Waals surface area contributed by atoms with Gasteiger partial charge in [-0.1, -0.05) is 9.05 Å². The van der Waals surface area contributed by atoms with Crippen LogP contribution in [0.3, 0.4) is 0 Å². The summed E-state index contributed by atoms with van der Waals surface area (Å²) in [7, 11) is -1.76. The highest BCUT2D eigenvalue weighted by Crippen LogP contribution is 2.46. The van der Waals surface area contributed by atoms with E-state index in [1.165, 1.54) is 0 Å². The van der Waals surface area contributed by atoms with Crippen molar-refractivity contribution in [3.63, 3.8) is 0 Å². The summed E-state index contributed by atoms with van der Waals surface area (Å²) in [5.74, 6) is -0.590. The SMILES string of the molecule is CC1(C)O[P+](=O)O1. The van der Waals surface area contributed by atoms with Gasteiger partial charge in [0, 0.05) is 4.57 Å². The molecule has 1 aliphatic rings. The van der Waals surface area contributed by atoms with Gasteiger partial charge in [-0.3, -0.25) is 0 Å². The first kappa shape index (κ1) is 5.16. The molecule has 7 heavy (non-hydrogen) atoms. The third-order valence-electron chi connectivity index (χ3n) is 0.589. The van der Waals surface area contributed by atoms with E-state index >= 15 is 0 Å². The van der Waals surface area contributed by atoms with Gasteiger partial charge in [0.2, 0.25) is 0 Å². The van der Waals surface area contributed by atoms with Crippen molar-refractivity contribution < 1.29 is 13.6 Å². The highest BCUT2D eigenvalue weighted by Gasteiger charge is 2.53. The molecular formula is C3H6O3P+. The summed E-state index contributed by atoms with van der Waals surface area (Å²) in [6.07, 6.45) is 0. The van der Waals surface area contributed by atoms with Crippen molar-refractivity contribution in [1.29, 1.82) is 0 Å². The molecule has 1 saturated heterocycles. The van der Waals surface area contributed by atoms with Crippen LogP contribution < -0.4 is 0 Å². The molecule has 1 heterocycles. The van der Waals surface area contributed by atoms with Gasteiger partial charge in [-0.05, 0) is 13.8 Å². The van der Waals surface area contributed by atoms with Gasteiger partial charge in [0.15, 0.2) is 0 Å². The first-order valence-electron chi connectivity index (χ1n) is 1.96. The number of hydrogen-bond acceptors (Lipinski definition) is 3. The van der Waals surface area contributed by atoms with Crippen LogP contribution in [-0.4, -0.2) is 5.79 Å². The van der Waals surface area contributed by atoms with Crippen molar-refractivity contribution in [3.05, 3.63) is 0 Å². The second-order valence-corrected chi connectivity index (χ2v) is 2.62. The average Bonchev–Trinajstić information content (AvgIpc) is 1.27. The second-order valence-electron chi connectivity index (χ2n) is 1.81. The minimum atomic E-state index is -1.76. The lowest BCUT2D eigenvalue weighted by molar-refractivity contribution is -0.157. The van der Waals surface area contributed by atoms with E-state index in [9.17, 15) is 4.57 Å². The predicted molar refractivity (Wildman–Crippen MR) is 23.9 cm³/mol. The quantitative estimate of drug-likeness (QED) is 0.454. The van der Waals surface area contributed by atoms with E-state index in [2.05, 4.69) is 9.05 Å². The topological polar surface area (TPSA) is 35.5 Å². The van der Waals surface area contributed by atoms with Crippen LogP contribution in [0.15, 0.2) is 0 Å². The summed E-state index contributed by atoms with van der Waals surface area (Å²) in [4.78, 5) is 0. The molecule has 0 N–H and O–H groups in total. The van der Waals surface area contributed by atoms with E-state index in [1.54, 1.807) is 13.8 Å². The number of hydrogen-bond donors (Lipinski definition) is 0. The van der Waals surface area contributed by atoms with Gasteiger partial charge < -0.3 is 0 Å². The Hall–Kier alpha value is 0.0200. The van der Waals surface area contributed by atoms with E-state index < -0.39 is 14.0 Å². The largest absolute Gasteiger partial charge is 0.703 e. The standard InChI is InChI=1S/C3H6O3P/c1-3(2)5-7(4)6-3/h1-2H3/q+1. The minimum absolute atomic E-state index is 0.590. The molecule has 1 fully saturated rings. The molecule has 0 aromatic rings. The van der Waals surface area contributed by atoms with Crippen LogP contribution in [0.2, 0.25) is 0 Å². The van der Waals surface area contributed by atoms with E-state index in [0.717, 1.165) is 0 Å². The zero-order valence-corrected chi connectivity index (χ0v) is 5.07. The molecule has 0 saturated carbocycles. The van der Waals surface area contributed by atoms with Gasteiger partial charge >= 0.3 is 8.25 Å². The van der Waals surface area contributed by atoms with Gasteiger partial charge in [-0.2, -0.15) is 0 Å². The molecule has 0 spiro atoms. The van der Waals surface area contributed by atoms with Crippen molar-refractivity contribution in [2.24, 2.45) is 0 Å². The molecule has 1 aliphatic heterocycles. The normalized spacial score (nSPS) is 26.9. The average molecular weight is 121 g/mol. The monoisotopic (exact) mass is 121 g/mol. The van der Waals surface area contributed by atoms with Crippen LogP contribution in [0, 0.1) is 0 Å². The zero-order chi connectivity index (χ0) is 5.49. The maximum absolute atomic E-state index is 10.0. The van der Waals surface area contributed by atoms with E-state index in [0.29, 0.717) is 0 Å². The lowest BCUT2D eigenvalue weighted by Crippen LogP contribution is -2.30. The van der Waals surface area contributed by atoms with E-state index in [4.69, 9.17) is 0 Å². The highest BCUT2D eigenvalue weighted by molar-refractivity contribution is 7.34. The Bertz CT molecular complexity index is 98.7. The van der Waals surface area contributed by atoms with Crippen LogP contribution in [0.25, 0.3) is 0 Å². The molecule has 0 bridgehead atoms. The van der Waals surface area contributed by atoms with Crippen molar-refractivity contribution in [2.75, 3.05) is 0 Å². The van der Waals surface area contributed by atoms with Gasteiger partial charge in [0.1, 0.15) is 0 Å². The molecule has 0 atom stereocenters. The molecule has 0 radical (unpaired) electrons.